The minimum Gasteiger partial charge on any atom is -0.399 e. The van der Waals surface area contributed by atoms with E-state index >= 15 is 0 Å². The minimum absolute atomic E-state index is 0.0880. The average molecular weight is 227 g/mol. The summed E-state index contributed by atoms with van der Waals surface area (Å²) in [6.07, 6.45) is 0. The lowest BCUT2D eigenvalue weighted by atomic mass is 10.1. The Morgan fingerprint density at radius 1 is 1.00 bits per heavy atom. The van der Waals surface area contributed by atoms with Crippen LogP contribution >= 0.6 is 11.3 Å². The summed E-state index contributed by atoms with van der Waals surface area (Å²) in [6, 6.07) is 11.3. The van der Waals surface area contributed by atoms with Crippen molar-refractivity contribution in [2.24, 2.45) is 0 Å². The number of rotatable bonds is 0. The van der Waals surface area contributed by atoms with Crippen LogP contribution in [0.5, 0.6) is 0 Å². The summed E-state index contributed by atoms with van der Waals surface area (Å²) in [5, 5.41) is 4.56. The van der Waals surface area contributed by atoms with E-state index in [4.69, 9.17) is 5.73 Å². The van der Waals surface area contributed by atoms with Crippen molar-refractivity contribution in [1.82, 2.24) is 0 Å². The zero-order valence-corrected chi connectivity index (χ0v) is 9.25. The van der Waals surface area contributed by atoms with E-state index in [-0.39, 0.29) is 5.43 Å². The molecule has 2 nitrogen and oxygen atoms in total. The largest absolute Gasteiger partial charge is 0.399 e. The lowest BCUT2D eigenvalue weighted by molar-refractivity contribution is 1.74. The van der Waals surface area contributed by atoms with E-state index < -0.39 is 0 Å². The molecule has 2 N–H and O–H groups in total. The second-order valence-electron chi connectivity index (χ2n) is 3.71. The lowest BCUT2D eigenvalue weighted by Crippen LogP contribution is -1.96. The van der Waals surface area contributed by atoms with Crippen molar-refractivity contribution >= 4 is 37.9 Å². The van der Waals surface area contributed by atoms with E-state index in [0.717, 1.165) is 20.9 Å². The molecule has 2 aromatic carbocycles. The minimum atomic E-state index is 0.0880. The Labute approximate surface area is 95.9 Å². The predicted molar refractivity (Wildman–Crippen MR) is 70.0 cm³/mol. The Bertz CT molecular complexity index is 746. The highest BCUT2D eigenvalue weighted by Gasteiger charge is 2.03. The van der Waals surface area contributed by atoms with Gasteiger partial charge in [-0.15, -0.1) is 11.3 Å². The summed E-state index contributed by atoms with van der Waals surface area (Å²) in [6.45, 7) is 0. The van der Waals surface area contributed by atoms with Gasteiger partial charge in [0.1, 0.15) is 0 Å². The van der Waals surface area contributed by atoms with E-state index in [2.05, 4.69) is 0 Å². The number of thiophene rings is 1. The molecular weight excluding hydrogens is 218 g/mol. The van der Waals surface area contributed by atoms with Gasteiger partial charge in [-0.3, -0.25) is 4.79 Å². The van der Waals surface area contributed by atoms with E-state index in [1.54, 1.807) is 12.1 Å². The van der Waals surface area contributed by atoms with E-state index in [9.17, 15) is 4.79 Å². The fourth-order valence-corrected chi connectivity index (χ4v) is 2.70. The van der Waals surface area contributed by atoms with Crippen LogP contribution in [0, 0.1) is 0 Å². The molecule has 1 aromatic heterocycles. The molecule has 1 heterocycles. The standard InChI is InChI=1S/C13H9NOS/c14-10-3-4-11-9(7-10)2-1-8-5-6-16-13(8)12(11)15/h1-7H,14H2. The van der Waals surface area contributed by atoms with E-state index in [1.807, 2.05) is 29.6 Å². The van der Waals surface area contributed by atoms with Crippen LogP contribution < -0.4 is 11.2 Å². The number of benzene rings is 1. The molecule has 0 bridgehead atoms. The summed E-state index contributed by atoms with van der Waals surface area (Å²) in [4.78, 5) is 12.2. The molecule has 0 radical (unpaired) electrons. The van der Waals surface area contributed by atoms with Crippen LogP contribution in [0.4, 0.5) is 5.69 Å². The topological polar surface area (TPSA) is 43.1 Å². The molecule has 0 unspecified atom stereocenters. The highest BCUT2D eigenvalue weighted by Crippen LogP contribution is 2.20. The number of hydrogen-bond acceptors (Lipinski definition) is 3. The smallest absolute Gasteiger partial charge is 0.204 e. The summed E-state index contributed by atoms with van der Waals surface area (Å²) in [7, 11) is 0. The van der Waals surface area contributed by atoms with Gasteiger partial charge < -0.3 is 5.73 Å². The van der Waals surface area contributed by atoms with Gasteiger partial charge in [0.05, 0.1) is 4.70 Å². The van der Waals surface area contributed by atoms with Gasteiger partial charge in [0.15, 0.2) is 0 Å². The fourth-order valence-electron chi connectivity index (χ4n) is 1.86. The average Bonchev–Trinajstić information content (AvgIpc) is 2.69. The first-order valence-electron chi connectivity index (χ1n) is 4.95. The van der Waals surface area contributed by atoms with Gasteiger partial charge in [0.25, 0.3) is 0 Å². The molecular formula is C13H9NOS. The number of nitrogen functional groups attached to an aromatic ring is 1. The number of fused-ring (bicyclic) bond motifs is 2. The Hall–Kier alpha value is -1.87. The summed E-state index contributed by atoms with van der Waals surface area (Å²) >= 11 is 1.48. The van der Waals surface area contributed by atoms with Gasteiger partial charge in [-0.1, -0.05) is 12.1 Å². The molecule has 0 atom stereocenters. The first-order valence-corrected chi connectivity index (χ1v) is 5.83. The molecule has 0 saturated heterocycles. The number of hydrogen-bond donors (Lipinski definition) is 1. The van der Waals surface area contributed by atoms with Crippen molar-refractivity contribution < 1.29 is 0 Å². The maximum atomic E-state index is 12.2. The Morgan fingerprint density at radius 2 is 1.81 bits per heavy atom. The molecule has 3 rings (SSSR count). The third-order valence-corrected chi connectivity index (χ3v) is 3.59. The van der Waals surface area contributed by atoms with Crippen molar-refractivity contribution in [2.45, 2.75) is 0 Å². The summed E-state index contributed by atoms with van der Waals surface area (Å²) in [5.41, 5.74) is 6.49. The third kappa shape index (κ3) is 1.29. The first kappa shape index (κ1) is 9.36. The maximum Gasteiger partial charge on any atom is 0.204 e. The van der Waals surface area contributed by atoms with Crippen LogP contribution in [-0.4, -0.2) is 0 Å². The lowest BCUT2D eigenvalue weighted by Gasteiger charge is -1.93. The zero-order valence-electron chi connectivity index (χ0n) is 8.44. The van der Waals surface area contributed by atoms with Crippen LogP contribution in [0.15, 0.2) is 46.6 Å². The van der Waals surface area contributed by atoms with Crippen LogP contribution in [0.2, 0.25) is 0 Å². The number of anilines is 1. The van der Waals surface area contributed by atoms with Gasteiger partial charge in [0, 0.05) is 11.1 Å². The van der Waals surface area contributed by atoms with Gasteiger partial charge in [0.2, 0.25) is 5.43 Å². The van der Waals surface area contributed by atoms with Crippen LogP contribution in [0.3, 0.4) is 0 Å². The molecule has 0 spiro atoms. The van der Waals surface area contributed by atoms with Crippen molar-refractivity contribution in [3.05, 3.63) is 52.0 Å². The second kappa shape index (κ2) is 3.32. The molecule has 0 saturated carbocycles. The molecule has 0 fully saturated rings. The molecule has 3 heteroatoms. The predicted octanol–water partition coefficient (Wildman–Crippen LogP) is 3.00. The third-order valence-electron chi connectivity index (χ3n) is 2.66. The number of nitrogens with two attached hydrogens (primary N) is 1. The SMILES string of the molecule is Nc1ccc2c(=O)c3sccc3ccc2c1. The maximum absolute atomic E-state index is 12.2. The summed E-state index contributed by atoms with van der Waals surface area (Å²) < 4.78 is 0.805. The van der Waals surface area contributed by atoms with Gasteiger partial charge in [-0.25, -0.2) is 0 Å². The van der Waals surface area contributed by atoms with Gasteiger partial charge >= 0.3 is 0 Å². The first-order chi connectivity index (χ1) is 7.75. The quantitative estimate of drug-likeness (QED) is 0.600. The molecule has 0 aliphatic heterocycles. The zero-order chi connectivity index (χ0) is 11.1. The van der Waals surface area contributed by atoms with Crippen molar-refractivity contribution in [2.75, 3.05) is 5.73 Å². The van der Waals surface area contributed by atoms with E-state index in [1.165, 1.54) is 11.3 Å². The monoisotopic (exact) mass is 227 g/mol. The molecule has 16 heavy (non-hydrogen) atoms. The van der Waals surface area contributed by atoms with Gasteiger partial charge in [-0.05, 0) is 40.4 Å². The fraction of sp³-hybridized carbons (Fsp3) is 0. The molecule has 78 valence electrons. The Morgan fingerprint density at radius 3 is 2.69 bits per heavy atom. The Balaban J connectivity index is 2.64. The molecule has 0 aliphatic carbocycles. The van der Waals surface area contributed by atoms with Crippen LogP contribution in [-0.2, 0) is 0 Å². The van der Waals surface area contributed by atoms with Gasteiger partial charge in [-0.2, -0.15) is 0 Å². The normalized spacial score (nSPS) is 11.0. The van der Waals surface area contributed by atoms with Crippen molar-refractivity contribution in [3.8, 4) is 0 Å². The Kier molecular flexibility index (Phi) is 1.94. The molecule has 3 aromatic rings. The van der Waals surface area contributed by atoms with E-state index in [0.29, 0.717) is 5.69 Å². The summed E-state index contributed by atoms with van der Waals surface area (Å²) in [5.74, 6) is 0. The second-order valence-corrected chi connectivity index (χ2v) is 4.63. The molecule has 0 amide bonds. The highest BCUT2D eigenvalue weighted by atomic mass is 32.1. The van der Waals surface area contributed by atoms with Crippen LogP contribution in [0.1, 0.15) is 0 Å². The highest BCUT2D eigenvalue weighted by molar-refractivity contribution is 7.17. The van der Waals surface area contributed by atoms with Crippen LogP contribution in [0.25, 0.3) is 20.9 Å². The molecule has 0 aliphatic rings. The van der Waals surface area contributed by atoms with Crippen molar-refractivity contribution in [3.63, 3.8) is 0 Å². The van der Waals surface area contributed by atoms with Crippen molar-refractivity contribution in [1.29, 1.82) is 0 Å².